The zero-order chi connectivity index (χ0) is 19.4. The van der Waals surface area contributed by atoms with Crippen molar-refractivity contribution < 1.29 is 4.79 Å². The third-order valence-electron chi connectivity index (χ3n) is 3.71. The Bertz CT molecular complexity index is 978. The van der Waals surface area contributed by atoms with Gasteiger partial charge in [-0.3, -0.25) is 4.79 Å². The lowest BCUT2D eigenvalue weighted by atomic mass is 10.1. The van der Waals surface area contributed by atoms with Crippen molar-refractivity contribution in [1.82, 2.24) is 4.98 Å². The molecule has 0 saturated heterocycles. The largest absolute Gasteiger partial charge is 0.324 e. The van der Waals surface area contributed by atoms with Crippen LogP contribution >= 0.6 is 68.9 Å². The predicted molar refractivity (Wildman–Crippen MR) is 125 cm³/mol. The summed E-state index contributed by atoms with van der Waals surface area (Å²) in [6.45, 7) is 1.97. The highest BCUT2D eigenvalue weighted by Crippen LogP contribution is 2.31. The Morgan fingerprint density at radius 3 is 2.81 bits per heavy atom. The molecule has 1 heterocycles. The first-order chi connectivity index (χ1) is 12.9. The monoisotopic (exact) mass is 548 g/mol. The number of anilines is 1. The number of aromatic nitrogens is 1. The van der Waals surface area contributed by atoms with Gasteiger partial charge in [0.05, 0.1) is 17.1 Å². The van der Waals surface area contributed by atoms with Crippen LogP contribution in [-0.2, 0) is 11.2 Å². The number of amides is 1. The molecule has 3 rings (SSSR count). The summed E-state index contributed by atoms with van der Waals surface area (Å²) in [5.74, 6) is 0.270. The molecule has 3 aromatic rings. The molecular weight excluding hydrogens is 534 g/mol. The van der Waals surface area contributed by atoms with Crippen molar-refractivity contribution in [1.29, 1.82) is 0 Å². The van der Waals surface area contributed by atoms with Gasteiger partial charge >= 0.3 is 0 Å². The van der Waals surface area contributed by atoms with Gasteiger partial charge in [0.15, 0.2) is 4.34 Å². The zero-order valence-electron chi connectivity index (χ0n) is 14.3. The maximum atomic E-state index is 12.2. The lowest BCUT2D eigenvalue weighted by Gasteiger charge is -2.06. The molecule has 140 valence electrons. The van der Waals surface area contributed by atoms with E-state index in [0.29, 0.717) is 22.2 Å². The molecule has 0 unspecified atom stereocenters. The van der Waals surface area contributed by atoms with E-state index >= 15 is 0 Å². The second-order valence-electron chi connectivity index (χ2n) is 5.72. The van der Waals surface area contributed by atoms with E-state index in [2.05, 4.69) is 32.9 Å². The molecule has 1 amide bonds. The van der Waals surface area contributed by atoms with Gasteiger partial charge in [0.2, 0.25) is 5.91 Å². The maximum Gasteiger partial charge on any atom is 0.234 e. The van der Waals surface area contributed by atoms with E-state index in [9.17, 15) is 4.79 Å². The van der Waals surface area contributed by atoms with Crippen LogP contribution in [0.3, 0.4) is 0 Å². The third kappa shape index (κ3) is 5.84. The van der Waals surface area contributed by atoms with Crippen LogP contribution in [-0.4, -0.2) is 16.6 Å². The minimum Gasteiger partial charge on any atom is -0.324 e. The molecule has 0 aliphatic heterocycles. The molecule has 0 spiro atoms. The van der Waals surface area contributed by atoms with Gasteiger partial charge in [-0.25, -0.2) is 4.98 Å². The second-order valence-corrected chi connectivity index (χ2v) is 10.0. The van der Waals surface area contributed by atoms with Gasteiger partial charge in [0.25, 0.3) is 0 Å². The van der Waals surface area contributed by atoms with Crippen LogP contribution in [0.5, 0.6) is 0 Å². The fourth-order valence-electron chi connectivity index (χ4n) is 2.35. The van der Waals surface area contributed by atoms with Gasteiger partial charge in [-0.2, -0.15) is 0 Å². The zero-order valence-corrected chi connectivity index (χ0v) is 19.6. The van der Waals surface area contributed by atoms with Crippen molar-refractivity contribution >= 4 is 80.5 Å². The molecule has 0 radical (unpaired) electrons. The van der Waals surface area contributed by atoms with E-state index in [-0.39, 0.29) is 5.91 Å². The summed E-state index contributed by atoms with van der Waals surface area (Å²) in [6, 6.07) is 13.2. The van der Waals surface area contributed by atoms with Gasteiger partial charge in [0, 0.05) is 24.9 Å². The molecule has 1 aromatic heterocycles. The minimum absolute atomic E-state index is 0.0450. The molecule has 0 fully saturated rings. The second kappa shape index (κ2) is 9.60. The third-order valence-corrected chi connectivity index (χ3v) is 7.55. The molecule has 1 N–H and O–H groups in total. The quantitative estimate of drug-likeness (QED) is 0.276. The predicted octanol–water partition coefficient (Wildman–Crippen LogP) is 6.68. The van der Waals surface area contributed by atoms with Crippen LogP contribution in [0.4, 0.5) is 5.69 Å². The summed E-state index contributed by atoms with van der Waals surface area (Å²) < 4.78 is 1.89. The molecule has 0 bridgehead atoms. The summed E-state index contributed by atoms with van der Waals surface area (Å²) >= 11 is 17.6. The Morgan fingerprint density at radius 1 is 1.26 bits per heavy atom. The molecule has 3 nitrogen and oxygen atoms in total. The summed E-state index contributed by atoms with van der Waals surface area (Å²) in [5, 5.41) is 4.29. The number of nitrogens with zero attached hydrogens (tertiary/aromatic N) is 1. The van der Waals surface area contributed by atoms with Crippen LogP contribution < -0.4 is 5.32 Å². The number of hydrogen-bond acceptors (Lipinski definition) is 4. The first-order valence-corrected chi connectivity index (χ1v) is 11.6. The highest BCUT2D eigenvalue weighted by Gasteiger charge is 2.13. The van der Waals surface area contributed by atoms with Crippen LogP contribution in [0.1, 0.15) is 16.1 Å². The lowest BCUT2D eigenvalue weighted by molar-refractivity contribution is -0.113. The maximum absolute atomic E-state index is 12.2. The molecule has 0 aliphatic carbocycles. The molecule has 0 saturated carbocycles. The minimum atomic E-state index is -0.0450. The van der Waals surface area contributed by atoms with Crippen LogP contribution in [0, 0.1) is 10.5 Å². The highest BCUT2D eigenvalue weighted by atomic mass is 127. The van der Waals surface area contributed by atoms with Gasteiger partial charge in [0.1, 0.15) is 0 Å². The molecule has 8 heteroatoms. The van der Waals surface area contributed by atoms with Crippen molar-refractivity contribution in [2.24, 2.45) is 0 Å². The van der Waals surface area contributed by atoms with E-state index in [4.69, 9.17) is 23.2 Å². The number of rotatable bonds is 6. The summed E-state index contributed by atoms with van der Waals surface area (Å²) in [7, 11) is 0. The van der Waals surface area contributed by atoms with Gasteiger partial charge in [-0.15, -0.1) is 11.3 Å². The van der Waals surface area contributed by atoms with Crippen LogP contribution in [0.25, 0.3) is 0 Å². The summed E-state index contributed by atoms with van der Waals surface area (Å²) in [4.78, 5) is 17.9. The standard InChI is InChI=1S/C19H15Cl2IN2OS2/c1-11-17(9-12-8-13(20)6-7-14(12)21)27-19(23-11)26-10-18(25)24-16-5-3-2-4-15(16)22/h2-8H,9-10H2,1H3,(H,24,25). The number of aryl methyl sites for hydroxylation is 1. The van der Waals surface area contributed by atoms with E-state index in [1.807, 2.05) is 37.3 Å². The van der Waals surface area contributed by atoms with E-state index in [1.54, 1.807) is 23.5 Å². The Balaban J connectivity index is 1.62. The number of halogens is 3. The van der Waals surface area contributed by atoms with E-state index in [1.165, 1.54) is 11.8 Å². The summed E-state index contributed by atoms with van der Waals surface area (Å²) in [5.41, 5.74) is 2.76. The fourth-order valence-corrected chi connectivity index (χ4v) is 5.31. The SMILES string of the molecule is Cc1nc(SCC(=O)Nc2ccccc2I)sc1Cc1cc(Cl)ccc1Cl. The van der Waals surface area contributed by atoms with Crippen molar-refractivity contribution in [2.45, 2.75) is 17.7 Å². The first kappa shape index (κ1) is 20.9. The van der Waals surface area contributed by atoms with Crippen LogP contribution in [0.15, 0.2) is 46.8 Å². The van der Waals surface area contributed by atoms with E-state index < -0.39 is 0 Å². The van der Waals surface area contributed by atoms with Gasteiger partial charge in [-0.05, 0) is 65.4 Å². The van der Waals surface area contributed by atoms with Crippen molar-refractivity contribution in [3.05, 3.63) is 72.2 Å². The molecule has 27 heavy (non-hydrogen) atoms. The van der Waals surface area contributed by atoms with Crippen molar-refractivity contribution in [3.63, 3.8) is 0 Å². The normalized spacial score (nSPS) is 10.8. The van der Waals surface area contributed by atoms with Gasteiger partial charge < -0.3 is 5.32 Å². The topological polar surface area (TPSA) is 42.0 Å². The van der Waals surface area contributed by atoms with Crippen molar-refractivity contribution in [2.75, 3.05) is 11.1 Å². The summed E-state index contributed by atoms with van der Waals surface area (Å²) in [6.07, 6.45) is 0.678. The van der Waals surface area contributed by atoms with Gasteiger partial charge in [-0.1, -0.05) is 47.1 Å². The Morgan fingerprint density at radius 2 is 2.04 bits per heavy atom. The number of hydrogen-bond donors (Lipinski definition) is 1. The van der Waals surface area contributed by atoms with Crippen molar-refractivity contribution in [3.8, 4) is 0 Å². The van der Waals surface area contributed by atoms with Crippen LogP contribution in [0.2, 0.25) is 10.0 Å². The molecule has 0 aliphatic rings. The lowest BCUT2D eigenvalue weighted by Crippen LogP contribution is -2.14. The Kier molecular flexibility index (Phi) is 7.44. The number of para-hydroxylation sites is 1. The van der Waals surface area contributed by atoms with E-state index in [0.717, 1.165) is 29.7 Å². The highest BCUT2D eigenvalue weighted by molar-refractivity contribution is 14.1. The number of carbonyl (C=O) groups is 1. The fraction of sp³-hybridized carbons (Fsp3) is 0.158. The number of carbonyl (C=O) groups excluding carboxylic acids is 1. The number of thioether (sulfide) groups is 1. The average molecular weight is 549 g/mol. The molecule has 2 aromatic carbocycles. The Hall–Kier alpha value is -0.800. The molecular formula is C19H15Cl2IN2OS2. The first-order valence-electron chi connectivity index (χ1n) is 8.00. The molecule has 0 atom stereocenters. The number of nitrogens with one attached hydrogen (secondary N) is 1. The number of thiazole rings is 1. The average Bonchev–Trinajstić information content (AvgIpc) is 2.98. The number of benzene rings is 2. The smallest absolute Gasteiger partial charge is 0.234 e. The Labute approximate surface area is 190 Å².